The molecule has 25 heavy (non-hydrogen) atoms. The molecule has 1 saturated heterocycles. The zero-order valence-electron chi connectivity index (χ0n) is 15.1. The molecular weight excluding hydrogens is 336 g/mol. The third-order valence-electron chi connectivity index (χ3n) is 5.00. The number of benzene rings is 1. The maximum atomic E-state index is 13.0. The Kier molecular flexibility index (Phi) is 6.25. The molecular formula is C19H27ClN4O. The van der Waals surface area contributed by atoms with Crippen LogP contribution in [-0.4, -0.2) is 39.7 Å². The van der Waals surface area contributed by atoms with Gasteiger partial charge in [-0.15, -0.1) is 12.4 Å². The molecule has 1 aromatic carbocycles. The van der Waals surface area contributed by atoms with Gasteiger partial charge in [0, 0.05) is 19.1 Å². The number of nitrogens with two attached hydrogens (primary N) is 1. The minimum absolute atomic E-state index is 0. The van der Waals surface area contributed by atoms with Crippen LogP contribution in [0.2, 0.25) is 0 Å². The van der Waals surface area contributed by atoms with Gasteiger partial charge in [-0.25, -0.2) is 4.68 Å². The zero-order valence-corrected chi connectivity index (χ0v) is 15.9. The highest BCUT2D eigenvalue weighted by Crippen LogP contribution is 2.25. The number of rotatable bonds is 3. The number of amides is 1. The Morgan fingerprint density at radius 3 is 2.80 bits per heavy atom. The van der Waals surface area contributed by atoms with Crippen molar-refractivity contribution in [2.24, 2.45) is 11.7 Å². The summed E-state index contributed by atoms with van der Waals surface area (Å²) < 4.78 is 1.84. The topological polar surface area (TPSA) is 64.2 Å². The van der Waals surface area contributed by atoms with Crippen molar-refractivity contribution in [1.82, 2.24) is 14.7 Å². The minimum atomic E-state index is 0. The second-order valence-corrected chi connectivity index (χ2v) is 6.91. The number of halogens is 1. The zero-order chi connectivity index (χ0) is 17.3. The molecule has 2 heterocycles. The lowest BCUT2D eigenvalue weighted by Crippen LogP contribution is -2.49. The predicted molar refractivity (Wildman–Crippen MR) is 103 cm³/mol. The highest BCUT2D eigenvalue weighted by atomic mass is 35.5. The Morgan fingerprint density at radius 1 is 1.36 bits per heavy atom. The summed E-state index contributed by atoms with van der Waals surface area (Å²) in [6.45, 7) is 7.52. The molecule has 3 rings (SSSR count). The summed E-state index contributed by atoms with van der Waals surface area (Å²) in [7, 11) is 0. The smallest absolute Gasteiger partial charge is 0.257 e. The van der Waals surface area contributed by atoms with Gasteiger partial charge >= 0.3 is 0 Å². The molecule has 2 aromatic rings. The van der Waals surface area contributed by atoms with Crippen LogP contribution in [0.4, 0.5) is 0 Å². The Hall–Kier alpha value is -1.85. The van der Waals surface area contributed by atoms with Crippen LogP contribution in [0, 0.1) is 19.8 Å². The van der Waals surface area contributed by atoms with E-state index in [-0.39, 0.29) is 24.4 Å². The summed E-state index contributed by atoms with van der Waals surface area (Å²) in [5.41, 5.74) is 9.60. The van der Waals surface area contributed by atoms with E-state index in [2.05, 4.69) is 31.1 Å². The van der Waals surface area contributed by atoms with E-state index in [0.717, 1.165) is 30.8 Å². The number of aromatic nitrogens is 2. The summed E-state index contributed by atoms with van der Waals surface area (Å²) in [5.74, 6) is 0.674. The molecule has 0 bridgehead atoms. The van der Waals surface area contributed by atoms with E-state index in [0.29, 0.717) is 18.0 Å². The quantitative estimate of drug-likeness (QED) is 0.912. The first-order chi connectivity index (χ1) is 11.5. The second kappa shape index (κ2) is 8.02. The molecule has 136 valence electrons. The SMILES string of the molecule is Cc1cccc(-n2ncc(C(=O)N3CCC(C)CC3CN)c2C)c1.Cl. The highest BCUT2D eigenvalue weighted by Gasteiger charge is 2.31. The van der Waals surface area contributed by atoms with Crippen LogP contribution in [-0.2, 0) is 0 Å². The maximum Gasteiger partial charge on any atom is 0.257 e. The Labute approximate surface area is 155 Å². The van der Waals surface area contributed by atoms with Crippen LogP contribution in [0.25, 0.3) is 5.69 Å². The van der Waals surface area contributed by atoms with Crippen LogP contribution in [0.3, 0.4) is 0 Å². The van der Waals surface area contributed by atoms with Crippen LogP contribution in [0.15, 0.2) is 30.5 Å². The van der Waals surface area contributed by atoms with Crippen molar-refractivity contribution < 1.29 is 4.79 Å². The fourth-order valence-electron chi connectivity index (χ4n) is 3.54. The summed E-state index contributed by atoms with van der Waals surface area (Å²) in [5, 5.41) is 4.45. The second-order valence-electron chi connectivity index (χ2n) is 6.91. The van der Waals surface area contributed by atoms with Crippen molar-refractivity contribution in [3.05, 3.63) is 47.3 Å². The van der Waals surface area contributed by atoms with E-state index >= 15 is 0 Å². The fraction of sp³-hybridized carbons (Fsp3) is 0.474. The number of likely N-dealkylation sites (tertiary alicyclic amines) is 1. The van der Waals surface area contributed by atoms with E-state index in [1.54, 1.807) is 6.20 Å². The average molecular weight is 363 g/mol. The van der Waals surface area contributed by atoms with E-state index in [1.165, 1.54) is 5.56 Å². The fourth-order valence-corrected chi connectivity index (χ4v) is 3.54. The third kappa shape index (κ3) is 3.88. The first kappa shape index (κ1) is 19.5. The van der Waals surface area contributed by atoms with E-state index in [4.69, 9.17) is 5.73 Å². The lowest BCUT2D eigenvalue weighted by molar-refractivity contribution is 0.0573. The van der Waals surface area contributed by atoms with Gasteiger partial charge in [0.1, 0.15) is 0 Å². The van der Waals surface area contributed by atoms with Crippen LogP contribution in [0.5, 0.6) is 0 Å². The van der Waals surface area contributed by atoms with Crippen molar-refractivity contribution in [3.8, 4) is 5.69 Å². The van der Waals surface area contributed by atoms with E-state index in [1.807, 2.05) is 28.6 Å². The molecule has 0 saturated carbocycles. The third-order valence-corrected chi connectivity index (χ3v) is 5.00. The van der Waals surface area contributed by atoms with Crippen molar-refractivity contribution in [1.29, 1.82) is 0 Å². The van der Waals surface area contributed by atoms with Gasteiger partial charge in [0.25, 0.3) is 5.91 Å². The number of nitrogens with zero attached hydrogens (tertiary/aromatic N) is 3. The summed E-state index contributed by atoms with van der Waals surface area (Å²) in [6.07, 6.45) is 3.70. The molecule has 1 fully saturated rings. The molecule has 6 heteroatoms. The van der Waals surface area contributed by atoms with Crippen molar-refractivity contribution in [3.63, 3.8) is 0 Å². The number of hydrogen-bond donors (Lipinski definition) is 1. The standard InChI is InChI=1S/C19H26N4O.ClH/c1-13-5-4-6-16(9-13)23-15(3)18(12-21-23)19(24)22-8-7-14(2)10-17(22)11-20;/h4-6,9,12,14,17H,7-8,10-11,20H2,1-3H3;1H. The van der Waals surface area contributed by atoms with Gasteiger partial charge in [-0.3, -0.25) is 4.79 Å². The minimum Gasteiger partial charge on any atom is -0.334 e. The number of aryl methyl sites for hydroxylation is 1. The normalized spacial score (nSPS) is 20.2. The summed E-state index contributed by atoms with van der Waals surface area (Å²) in [6, 6.07) is 8.26. The van der Waals surface area contributed by atoms with Crippen molar-refractivity contribution in [2.45, 2.75) is 39.7 Å². The van der Waals surface area contributed by atoms with Gasteiger partial charge in [0.05, 0.1) is 23.1 Å². The van der Waals surface area contributed by atoms with E-state index < -0.39 is 0 Å². The maximum absolute atomic E-state index is 13.0. The van der Waals surface area contributed by atoms with Gasteiger partial charge in [0.2, 0.25) is 0 Å². The lowest BCUT2D eigenvalue weighted by atomic mass is 9.92. The molecule has 2 atom stereocenters. The number of piperidine rings is 1. The highest BCUT2D eigenvalue weighted by molar-refractivity contribution is 5.95. The molecule has 1 aromatic heterocycles. The van der Waals surface area contributed by atoms with Crippen LogP contribution < -0.4 is 5.73 Å². The first-order valence-electron chi connectivity index (χ1n) is 8.64. The number of hydrogen-bond acceptors (Lipinski definition) is 3. The molecule has 5 nitrogen and oxygen atoms in total. The van der Waals surface area contributed by atoms with Gasteiger partial charge in [0.15, 0.2) is 0 Å². The molecule has 1 aliphatic heterocycles. The molecule has 1 aliphatic rings. The van der Waals surface area contributed by atoms with Crippen molar-refractivity contribution >= 4 is 18.3 Å². The van der Waals surface area contributed by atoms with Gasteiger partial charge < -0.3 is 10.6 Å². The Bertz CT molecular complexity index is 743. The van der Waals surface area contributed by atoms with Crippen molar-refractivity contribution in [2.75, 3.05) is 13.1 Å². The molecule has 2 unspecified atom stereocenters. The Morgan fingerprint density at radius 2 is 2.12 bits per heavy atom. The lowest BCUT2D eigenvalue weighted by Gasteiger charge is -2.38. The van der Waals surface area contributed by atoms with Crippen LogP contribution >= 0.6 is 12.4 Å². The van der Waals surface area contributed by atoms with Gasteiger partial charge in [-0.05, 0) is 50.3 Å². The number of carbonyl (C=O) groups is 1. The van der Waals surface area contributed by atoms with Crippen LogP contribution in [0.1, 0.15) is 41.4 Å². The molecule has 0 spiro atoms. The van der Waals surface area contributed by atoms with Gasteiger partial charge in [-0.2, -0.15) is 5.10 Å². The van der Waals surface area contributed by atoms with Gasteiger partial charge in [-0.1, -0.05) is 19.1 Å². The molecule has 1 amide bonds. The summed E-state index contributed by atoms with van der Waals surface area (Å²) in [4.78, 5) is 15.0. The largest absolute Gasteiger partial charge is 0.334 e. The molecule has 0 aliphatic carbocycles. The average Bonchev–Trinajstić information content (AvgIpc) is 2.95. The Balaban J connectivity index is 0.00000225. The molecule has 0 radical (unpaired) electrons. The summed E-state index contributed by atoms with van der Waals surface area (Å²) >= 11 is 0. The monoisotopic (exact) mass is 362 g/mol. The van der Waals surface area contributed by atoms with E-state index in [9.17, 15) is 4.79 Å². The first-order valence-corrected chi connectivity index (χ1v) is 8.64. The predicted octanol–water partition coefficient (Wildman–Crippen LogP) is 3.11. The molecule has 2 N–H and O–H groups in total. The number of carbonyl (C=O) groups excluding carboxylic acids is 1.